The maximum atomic E-state index is 13.2. The average Bonchev–Trinajstić information content (AvgIpc) is 2.97. The number of nitrogens with zero attached hydrogens (tertiary/aromatic N) is 3. The predicted molar refractivity (Wildman–Crippen MR) is 116 cm³/mol. The lowest BCUT2D eigenvalue weighted by Gasteiger charge is -2.23. The molecule has 0 aliphatic carbocycles. The van der Waals surface area contributed by atoms with Crippen LogP contribution in [0.2, 0.25) is 0 Å². The number of nitrogens with one attached hydrogen (secondary N) is 1. The Hall–Kier alpha value is -1.90. The van der Waals surface area contributed by atoms with Crippen LogP contribution in [0.15, 0.2) is 47.6 Å². The highest BCUT2D eigenvalue weighted by atomic mass is 127. The molecule has 1 N–H and O–H groups in total. The summed E-state index contributed by atoms with van der Waals surface area (Å²) < 4.78 is 18.8. The molecule has 0 radical (unpaired) electrons. The minimum absolute atomic E-state index is 0. The highest BCUT2D eigenvalue weighted by Gasteiger charge is 2.30. The van der Waals surface area contributed by atoms with Gasteiger partial charge in [-0.05, 0) is 29.5 Å². The lowest BCUT2D eigenvalue weighted by molar-refractivity contribution is 0.370. The number of ether oxygens (including phenoxy) is 1. The second-order valence-corrected chi connectivity index (χ2v) is 7.30. The zero-order valence-corrected chi connectivity index (χ0v) is 18.2. The first kappa shape index (κ1) is 21.4. The maximum absolute atomic E-state index is 13.2. The Labute approximate surface area is 177 Å². The van der Waals surface area contributed by atoms with Gasteiger partial charge in [0.1, 0.15) is 11.6 Å². The van der Waals surface area contributed by atoms with E-state index < -0.39 is 0 Å². The van der Waals surface area contributed by atoms with Gasteiger partial charge in [-0.2, -0.15) is 0 Å². The molecule has 1 fully saturated rings. The third-order valence-corrected chi connectivity index (χ3v) is 4.46. The van der Waals surface area contributed by atoms with Crippen molar-refractivity contribution < 1.29 is 9.13 Å². The van der Waals surface area contributed by atoms with Crippen LogP contribution in [0.25, 0.3) is 0 Å². The summed E-state index contributed by atoms with van der Waals surface area (Å²) in [5.74, 6) is 1.45. The Morgan fingerprint density at radius 2 is 2.15 bits per heavy atom. The minimum atomic E-state index is -0.334. The van der Waals surface area contributed by atoms with Gasteiger partial charge in [-0.1, -0.05) is 26.0 Å². The molecule has 3 rings (SSSR count). The largest absolute Gasteiger partial charge is 0.439 e. The molecule has 2 aromatic rings. The van der Waals surface area contributed by atoms with Crippen molar-refractivity contribution in [3.05, 3.63) is 54.0 Å². The third kappa shape index (κ3) is 6.05. The van der Waals surface area contributed by atoms with E-state index in [-0.39, 0.29) is 29.8 Å². The molecule has 1 aromatic heterocycles. The molecule has 0 bridgehead atoms. The average molecular weight is 484 g/mol. The van der Waals surface area contributed by atoms with Crippen molar-refractivity contribution in [3.8, 4) is 11.6 Å². The predicted octanol–water partition coefficient (Wildman–Crippen LogP) is 4.44. The monoisotopic (exact) mass is 484 g/mol. The Morgan fingerprint density at radius 1 is 1.33 bits per heavy atom. The van der Waals surface area contributed by atoms with Crippen molar-refractivity contribution in [2.24, 2.45) is 10.4 Å². The summed E-state index contributed by atoms with van der Waals surface area (Å²) in [5.41, 5.74) is 1.35. The van der Waals surface area contributed by atoms with Crippen LogP contribution in [0, 0.1) is 11.2 Å². The van der Waals surface area contributed by atoms with Gasteiger partial charge in [-0.3, -0.25) is 4.99 Å². The molecule has 27 heavy (non-hydrogen) atoms. The van der Waals surface area contributed by atoms with E-state index in [0.717, 1.165) is 24.6 Å². The molecule has 0 saturated carbocycles. The topological polar surface area (TPSA) is 49.8 Å². The van der Waals surface area contributed by atoms with Crippen LogP contribution in [0.4, 0.5) is 4.39 Å². The van der Waals surface area contributed by atoms with Gasteiger partial charge >= 0.3 is 0 Å². The number of pyridine rings is 1. The molecule has 7 heteroatoms. The van der Waals surface area contributed by atoms with Crippen molar-refractivity contribution in [3.63, 3.8) is 0 Å². The number of halogens is 2. The van der Waals surface area contributed by atoms with E-state index >= 15 is 0 Å². The molecule has 0 amide bonds. The summed E-state index contributed by atoms with van der Waals surface area (Å²) in [6, 6.07) is 9.73. The highest BCUT2D eigenvalue weighted by molar-refractivity contribution is 14.0. The number of benzene rings is 1. The molecule has 1 aliphatic rings. The number of rotatable bonds is 4. The first-order valence-corrected chi connectivity index (χ1v) is 8.79. The number of likely N-dealkylation sites (tertiary alicyclic amines) is 1. The zero-order chi connectivity index (χ0) is 18.6. The van der Waals surface area contributed by atoms with Crippen molar-refractivity contribution in [1.82, 2.24) is 15.2 Å². The van der Waals surface area contributed by atoms with E-state index in [9.17, 15) is 4.39 Å². The number of aliphatic imine (C=N–C) groups is 1. The fourth-order valence-electron chi connectivity index (χ4n) is 3.03. The van der Waals surface area contributed by atoms with Crippen molar-refractivity contribution in [1.29, 1.82) is 0 Å². The summed E-state index contributed by atoms with van der Waals surface area (Å²) in [5, 5.41) is 3.39. The number of hydrogen-bond donors (Lipinski definition) is 1. The Kier molecular flexibility index (Phi) is 7.41. The van der Waals surface area contributed by atoms with Crippen LogP contribution in [0.5, 0.6) is 11.6 Å². The molecule has 0 unspecified atom stereocenters. The van der Waals surface area contributed by atoms with Crippen LogP contribution < -0.4 is 10.1 Å². The molecule has 146 valence electrons. The molecular weight excluding hydrogens is 458 g/mol. The summed E-state index contributed by atoms with van der Waals surface area (Å²) in [7, 11) is 1.81. The van der Waals surface area contributed by atoms with Crippen molar-refractivity contribution in [2.45, 2.75) is 26.8 Å². The van der Waals surface area contributed by atoms with Crippen molar-refractivity contribution >= 4 is 29.9 Å². The lowest BCUT2D eigenvalue weighted by atomic mass is 9.93. The number of guanidine groups is 1. The van der Waals surface area contributed by atoms with E-state index in [4.69, 9.17) is 4.74 Å². The summed E-state index contributed by atoms with van der Waals surface area (Å²) >= 11 is 0. The Morgan fingerprint density at radius 3 is 2.74 bits per heavy atom. The molecule has 5 nitrogen and oxygen atoms in total. The van der Waals surface area contributed by atoms with Gasteiger partial charge < -0.3 is 15.0 Å². The Bertz CT molecular complexity index is 780. The van der Waals surface area contributed by atoms with Gasteiger partial charge in [-0.15, -0.1) is 24.0 Å². The van der Waals surface area contributed by atoms with E-state index in [2.05, 4.69) is 34.0 Å². The number of aromatic nitrogens is 1. The SMILES string of the molecule is CN=C(NCc1ccc(Oc2cccc(F)c2)nc1)N1CCC(C)(C)C1.I. The maximum Gasteiger partial charge on any atom is 0.219 e. The molecule has 2 heterocycles. The zero-order valence-electron chi connectivity index (χ0n) is 15.9. The summed E-state index contributed by atoms with van der Waals surface area (Å²) in [4.78, 5) is 11.0. The first-order valence-electron chi connectivity index (χ1n) is 8.79. The standard InChI is InChI=1S/C20H25FN4O.HI/c1-20(2)9-10-25(14-20)19(22-3)24-13-15-7-8-18(23-12-15)26-17-6-4-5-16(21)11-17;/h4-8,11-12H,9-10,13-14H2,1-3H3,(H,22,24);1H. The van der Waals surface area contributed by atoms with Crippen LogP contribution in [-0.4, -0.2) is 36.0 Å². The third-order valence-electron chi connectivity index (χ3n) is 4.46. The quantitative estimate of drug-likeness (QED) is 0.396. The van der Waals surface area contributed by atoms with Crippen LogP contribution >= 0.6 is 24.0 Å². The van der Waals surface area contributed by atoms with Crippen LogP contribution in [-0.2, 0) is 6.54 Å². The second kappa shape index (κ2) is 9.34. The van der Waals surface area contributed by atoms with Crippen molar-refractivity contribution in [2.75, 3.05) is 20.1 Å². The van der Waals surface area contributed by atoms with E-state index in [1.807, 2.05) is 13.1 Å². The molecule has 1 aliphatic heterocycles. The van der Waals surface area contributed by atoms with Gasteiger partial charge in [-0.25, -0.2) is 9.37 Å². The molecular formula is C20H26FIN4O. The fourth-order valence-corrected chi connectivity index (χ4v) is 3.03. The molecule has 0 atom stereocenters. The van der Waals surface area contributed by atoms with E-state index in [1.54, 1.807) is 24.4 Å². The minimum Gasteiger partial charge on any atom is -0.439 e. The van der Waals surface area contributed by atoms with Crippen LogP contribution in [0.1, 0.15) is 25.8 Å². The van der Waals surface area contributed by atoms with E-state index in [0.29, 0.717) is 23.6 Å². The summed E-state index contributed by atoms with van der Waals surface area (Å²) in [6.45, 7) is 7.22. The van der Waals surface area contributed by atoms with Gasteiger partial charge in [0.25, 0.3) is 0 Å². The van der Waals surface area contributed by atoms with E-state index in [1.165, 1.54) is 18.6 Å². The molecule has 1 aromatic carbocycles. The normalized spacial score (nSPS) is 16.0. The van der Waals surface area contributed by atoms with Crippen LogP contribution in [0.3, 0.4) is 0 Å². The fraction of sp³-hybridized carbons (Fsp3) is 0.400. The van der Waals surface area contributed by atoms with Gasteiger partial charge in [0, 0.05) is 45.0 Å². The summed E-state index contributed by atoms with van der Waals surface area (Å²) in [6.07, 6.45) is 2.92. The van der Waals surface area contributed by atoms with Gasteiger partial charge in [0.15, 0.2) is 5.96 Å². The van der Waals surface area contributed by atoms with Gasteiger partial charge in [0.05, 0.1) is 0 Å². The molecule has 0 spiro atoms. The lowest BCUT2D eigenvalue weighted by Crippen LogP contribution is -2.40. The molecule has 1 saturated heterocycles. The first-order chi connectivity index (χ1) is 12.4. The number of hydrogen-bond acceptors (Lipinski definition) is 3. The second-order valence-electron chi connectivity index (χ2n) is 7.30. The smallest absolute Gasteiger partial charge is 0.219 e. The Balaban J connectivity index is 0.00000261. The van der Waals surface area contributed by atoms with Gasteiger partial charge in [0.2, 0.25) is 5.88 Å². The highest BCUT2D eigenvalue weighted by Crippen LogP contribution is 2.28.